The lowest BCUT2D eigenvalue weighted by Crippen LogP contribution is -2.38. The highest BCUT2D eigenvalue weighted by Crippen LogP contribution is 2.22. The van der Waals surface area contributed by atoms with Crippen LogP contribution in [-0.2, 0) is 24.8 Å². The summed E-state index contributed by atoms with van der Waals surface area (Å²) < 4.78 is 2.13. The van der Waals surface area contributed by atoms with Crippen LogP contribution in [0.25, 0.3) is 0 Å². The topological polar surface area (TPSA) is 86.0 Å². The minimum Gasteiger partial charge on any atom is -0.300 e. The number of rotatable bonds is 4. The molecular formula is C13H16N4O3S. The second-order valence-electron chi connectivity index (χ2n) is 4.55. The first-order valence-corrected chi connectivity index (χ1v) is 7.26. The molecule has 0 aliphatic carbocycles. The summed E-state index contributed by atoms with van der Waals surface area (Å²) in [4.78, 5) is 40.4. The molecule has 8 heteroatoms. The van der Waals surface area contributed by atoms with Gasteiger partial charge < -0.3 is 5.32 Å². The fourth-order valence-electron chi connectivity index (χ4n) is 1.86. The monoisotopic (exact) mass is 308 g/mol. The van der Waals surface area contributed by atoms with Gasteiger partial charge in [0, 0.05) is 24.2 Å². The summed E-state index contributed by atoms with van der Waals surface area (Å²) >= 11 is 1.40. The molecule has 21 heavy (non-hydrogen) atoms. The van der Waals surface area contributed by atoms with E-state index in [2.05, 4.69) is 10.3 Å². The molecule has 0 aliphatic rings. The molecule has 2 aromatic heterocycles. The van der Waals surface area contributed by atoms with E-state index in [1.54, 1.807) is 0 Å². The highest BCUT2D eigenvalue weighted by molar-refractivity contribution is 7.15. The van der Waals surface area contributed by atoms with Crippen molar-refractivity contribution in [2.45, 2.75) is 26.8 Å². The van der Waals surface area contributed by atoms with Crippen LogP contribution >= 0.6 is 11.3 Å². The van der Waals surface area contributed by atoms with Gasteiger partial charge in [0.25, 0.3) is 5.56 Å². The Bertz CT molecular complexity index is 787. The van der Waals surface area contributed by atoms with Crippen molar-refractivity contribution in [3.05, 3.63) is 43.7 Å². The highest BCUT2D eigenvalue weighted by atomic mass is 32.1. The number of hydrogen-bond acceptors (Lipinski definition) is 5. The van der Waals surface area contributed by atoms with Gasteiger partial charge in [-0.3, -0.25) is 18.7 Å². The summed E-state index contributed by atoms with van der Waals surface area (Å²) in [5, 5.41) is 3.19. The Hall–Kier alpha value is -2.22. The molecule has 112 valence electrons. The molecule has 0 saturated heterocycles. The van der Waals surface area contributed by atoms with Crippen molar-refractivity contribution < 1.29 is 4.79 Å². The summed E-state index contributed by atoms with van der Waals surface area (Å²) in [6.07, 6.45) is 2.12. The Morgan fingerprint density at radius 2 is 2.14 bits per heavy atom. The average molecular weight is 308 g/mol. The van der Waals surface area contributed by atoms with Crippen LogP contribution in [0.5, 0.6) is 0 Å². The van der Waals surface area contributed by atoms with Crippen molar-refractivity contribution in [3.8, 4) is 0 Å². The maximum atomic E-state index is 11.9. The number of nitrogens with zero attached hydrogens (tertiary/aromatic N) is 3. The van der Waals surface area contributed by atoms with Crippen LogP contribution in [0.4, 0.5) is 5.13 Å². The largest absolute Gasteiger partial charge is 0.331 e. The van der Waals surface area contributed by atoms with Gasteiger partial charge in [0.15, 0.2) is 5.13 Å². The van der Waals surface area contributed by atoms with Crippen LogP contribution < -0.4 is 16.6 Å². The molecule has 0 aromatic carbocycles. The fourth-order valence-corrected chi connectivity index (χ4v) is 2.78. The van der Waals surface area contributed by atoms with Gasteiger partial charge in [0.05, 0.1) is 5.69 Å². The second-order valence-corrected chi connectivity index (χ2v) is 5.75. The first kappa shape index (κ1) is 15.2. The molecule has 0 spiro atoms. The number of carbonyl (C=O) groups is 1. The van der Waals surface area contributed by atoms with Crippen LogP contribution in [0.15, 0.2) is 21.9 Å². The first-order valence-electron chi connectivity index (χ1n) is 6.45. The molecule has 2 heterocycles. The zero-order chi connectivity index (χ0) is 15.6. The molecule has 0 fully saturated rings. The Morgan fingerprint density at radius 1 is 1.43 bits per heavy atom. The normalized spacial score (nSPS) is 10.6. The highest BCUT2D eigenvalue weighted by Gasteiger charge is 2.11. The summed E-state index contributed by atoms with van der Waals surface area (Å²) in [6, 6.07) is 1.25. The van der Waals surface area contributed by atoms with E-state index in [0.717, 1.165) is 21.6 Å². The SMILES string of the molecule is CCc1nc(NC(=O)Cn2ccc(=O)n(C)c2=O)sc1C. The predicted octanol–water partition coefficient (Wildman–Crippen LogP) is 0.513. The van der Waals surface area contributed by atoms with Gasteiger partial charge in [-0.15, -0.1) is 11.3 Å². The third-order valence-electron chi connectivity index (χ3n) is 3.05. The predicted molar refractivity (Wildman–Crippen MR) is 80.8 cm³/mol. The van der Waals surface area contributed by atoms with E-state index in [-0.39, 0.29) is 12.5 Å². The van der Waals surface area contributed by atoms with Crippen LogP contribution in [0.1, 0.15) is 17.5 Å². The Kier molecular flexibility index (Phi) is 4.37. The number of amides is 1. The Morgan fingerprint density at radius 3 is 2.76 bits per heavy atom. The van der Waals surface area contributed by atoms with Crippen molar-refractivity contribution >= 4 is 22.4 Å². The zero-order valence-corrected chi connectivity index (χ0v) is 12.9. The first-order chi connectivity index (χ1) is 9.92. The second kappa shape index (κ2) is 6.04. The number of hydrogen-bond donors (Lipinski definition) is 1. The lowest BCUT2D eigenvalue weighted by atomic mass is 10.3. The van der Waals surface area contributed by atoms with Crippen molar-refractivity contribution in [3.63, 3.8) is 0 Å². The van der Waals surface area contributed by atoms with Crippen LogP contribution in [0.2, 0.25) is 0 Å². The summed E-state index contributed by atoms with van der Waals surface area (Å²) in [7, 11) is 1.37. The molecular weight excluding hydrogens is 292 g/mol. The zero-order valence-electron chi connectivity index (χ0n) is 12.0. The van der Waals surface area contributed by atoms with E-state index in [1.807, 2.05) is 13.8 Å². The molecule has 0 unspecified atom stereocenters. The quantitative estimate of drug-likeness (QED) is 0.892. The molecule has 2 rings (SSSR count). The summed E-state index contributed by atoms with van der Waals surface area (Å²) in [5.41, 5.74) is 0.0246. The average Bonchev–Trinajstić information content (AvgIpc) is 2.79. The van der Waals surface area contributed by atoms with E-state index < -0.39 is 11.2 Å². The van der Waals surface area contributed by atoms with Crippen LogP contribution in [0, 0.1) is 6.92 Å². The molecule has 1 amide bonds. The third kappa shape index (κ3) is 3.27. The van der Waals surface area contributed by atoms with Crippen molar-refractivity contribution in [2.75, 3.05) is 5.32 Å². The lowest BCUT2D eigenvalue weighted by Gasteiger charge is -2.06. The number of aromatic nitrogens is 3. The minimum atomic E-state index is -0.526. The van der Waals surface area contributed by atoms with Crippen molar-refractivity contribution in [1.29, 1.82) is 0 Å². The van der Waals surface area contributed by atoms with Crippen LogP contribution in [0.3, 0.4) is 0 Å². The molecule has 1 N–H and O–H groups in total. The van der Waals surface area contributed by atoms with Gasteiger partial charge in [-0.2, -0.15) is 0 Å². The molecule has 0 aliphatic heterocycles. The fraction of sp³-hybridized carbons (Fsp3) is 0.385. The summed E-state index contributed by atoms with van der Waals surface area (Å²) in [5.74, 6) is -0.354. The Labute approximate surface area is 124 Å². The standard InChI is InChI=1S/C13H16N4O3S/c1-4-9-8(2)21-12(14-9)15-10(18)7-17-6-5-11(19)16(3)13(17)20/h5-6H,4,7H2,1-3H3,(H,14,15,18). The van der Waals surface area contributed by atoms with E-state index in [1.165, 1.54) is 35.2 Å². The van der Waals surface area contributed by atoms with Gasteiger partial charge in [-0.25, -0.2) is 9.78 Å². The number of aryl methyl sites for hydroxylation is 2. The number of nitrogens with one attached hydrogen (secondary N) is 1. The lowest BCUT2D eigenvalue weighted by molar-refractivity contribution is -0.116. The number of carbonyl (C=O) groups excluding carboxylic acids is 1. The molecule has 2 aromatic rings. The third-order valence-corrected chi connectivity index (χ3v) is 3.98. The van der Waals surface area contributed by atoms with E-state index in [0.29, 0.717) is 5.13 Å². The van der Waals surface area contributed by atoms with Gasteiger partial charge >= 0.3 is 5.69 Å². The van der Waals surface area contributed by atoms with Gasteiger partial charge in [-0.05, 0) is 13.3 Å². The molecule has 7 nitrogen and oxygen atoms in total. The minimum absolute atomic E-state index is 0.160. The number of thiazole rings is 1. The smallest absolute Gasteiger partial charge is 0.300 e. The molecule has 0 saturated carbocycles. The maximum Gasteiger partial charge on any atom is 0.331 e. The van der Waals surface area contributed by atoms with Gasteiger partial charge in [0.1, 0.15) is 6.54 Å². The summed E-state index contributed by atoms with van der Waals surface area (Å²) in [6.45, 7) is 3.79. The van der Waals surface area contributed by atoms with E-state index >= 15 is 0 Å². The van der Waals surface area contributed by atoms with Gasteiger partial charge in [-0.1, -0.05) is 6.92 Å². The molecule has 0 radical (unpaired) electrons. The van der Waals surface area contributed by atoms with E-state index in [4.69, 9.17) is 0 Å². The Balaban J connectivity index is 2.13. The number of anilines is 1. The van der Waals surface area contributed by atoms with E-state index in [9.17, 15) is 14.4 Å². The molecule has 0 atom stereocenters. The molecule has 0 bridgehead atoms. The van der Waals surface area contributed by atoms with Crippen molar-refractivity contribution in [1.82, 2.24) is 14.1 Å². The maximum absolute atomic E-state index is 11.9. The van der Waals surface area contributed by atoms with Gasteiger partial charge in [0.2, 0.25) is 5.91 Å². The van der Waals surface area contributed by atoms with Crippen LogP contribution in [-0.4, -0.2) is 20.0 Å². The van der Waals surface area contributed by atoms with Crippen molar-refractivity contribution in [2.24, 2.45) is 7.05 Å².